The van der Waals surface area contributed by atoms with E-state index in [2.05, 4.69) is 54.5 Å². The quantitative estimate of drug-likeness (QED) is 0.884. The maximum Gasteiger partial charge on any atom is 0.139 e. The molecule has 0 aliphatic carbocycles. The molecular weight excluding hydrogens is 222 g/mol. The highest BCUT2D eigenvalue weighted by Crippen LogP contribution is 2.20. The molecule has 3 heteroatoms. The molecule has 0 saturated heterocycles. The van der Waals surface area contributed by atoms with Crippen LogP contribution in [-0.2, 0) is 0 Å². The Labute approximate surface area is 109 Å². The van der Waals surface area contributed by atoms with Crippen molar-refractivity contribution in [2.24, 2.45) is 5.92 Å². The number of allylic oxidation sites excluding steroid dienone is 1. The van der Waals surface area contributed by atoms with Gasteiger partial charge in [0.1, 0.15) is 17.2 Å². The summed E-state index contributed by atoms with van der Waals surface area (Å²) in [5, 5.41) is 3.47. The van der Waals surface area contributed by atoms with Crippen molar-refractivity contribution in [1.29, 1.82) is 0 Å². The Bertz CT molecular complexity index is 550. The second-order valence-corrected chi connectivity index (χ2v) is 5.18. The summed E-state index contributed by atoms with van der Waals surface area (Å²) in [4.78, 5) is 4.65. The van der Waals surface area contributed by atoms with E-state index in [1.165, 1.54) is 0 Å². The van der Waals surface area contributed by atoms with Crippen LogP contribution in [0.25, 0.3) is 11.7 Å². The van der Waals surface area contributed by atoms with Gasteiger partial charge in [0.2, 0.25) is 0 Å². The molecule has 2 aromatic heterocycles. The molecular formula is C15H21N3. The summed E-state index contributed by atoms with van der Waals surface area (Å²) >= 11 is 0. The van der Waals surface area contributed by atoms with Crippen molar-refractivity contribution in [1.82, 2.24) is 9.38 Å². The van der Waals surface area contributed by atoms with Crippen LogP contribution >= 0.6 is 0 Å². The van der Waals surface area contributed by atoms with Crippen LogP contribution in [-0.4, -0.2) is 15.4 Å². The minimum Gasteiger partial charge on any atom is -0.367 e. The number of anilines is 1. The first-order valence-electron chi connectivity index (χ1n) is 6.49. The van der Waals surface area contributed by atoms with Crippen LogP contribution in [0.1, 0.15) is 33.4 Å². The Morgan fingerprint density at radius 2 is 2.00 bits per heavy atom. The molecule has 1 N–H and O–H groups in total. The van der Waals surface area contributed by atoms with Crippen LogP contribution in [0, 0.1) is 5.92 Å². The first kappa shape index (κ1) is 12.7. The molecule has 0 amide bonds. The minimum atomic E-state index is 0.385. The van der Waals surface area contributed by atoms with Gasteiger partial charge in [-0.1, -0.05) is 26.0 Å². The maximum absolute atomic E-state index is 4.65. The Morgan fingerprint density at radius 3 is 2.67 bits per heavy atom. The summed E-state index contributed by atoms with van der Waals surface area (Å²) in [6, 6.07) is 6.45. The molecule has 0 atom stereocenters. The fourth-order valence-electron chi connectivity index (χ4n) is 1.83. The van der Waals surface area contributed by atoms with Gasteiger partial charge in [-0.15, -0.1) is 0 Å². The molecule has 0 radical (unpaired) electrons. The van der Waals surface area contributed by atoms with Crippen molar-refractivity contribution in [3.8, 4) is 0 Å². The van der Waals surface area contributed by atoms with Gasteiger partial charge in [-0.2, -0.15) is 0 Å². The van der Waals surface area contributed by atoms with Gasteiger partial charge in [-0.05, 0) is 38.0 Å². The third-order valence-electron chi connectivity index (χ3n) is 2.62. The van der Waals surface area contributed by atoms with Crippen LogP contribution in [0.4, 0.5) is 5.82 Å². The topological polar surface area (TPSA) is 29.3 Å². The molecule has 2 rings (SSSR count). The molecule has 18 heavy (non-hydrogen) atoms. The van der Waals surface area contributed by atoms with E-state index in [0.717, 1.165) is 17.2 Å². The summed E-state index contributed by atoms with van der Waals surface area (Å²) < 4.78 is 2.10. The second kappa shape index (κ2) is 5.25. The van der Waals surface area contributed by atoms with E-state index in [9.17, 15) is 0 Å². The van der Waals surface area contributed by atoms with E-state index >= 15 is 0 Å². The van der Waals surface area contributed by atoms with Gasteiger partial charge in [0.15, 0.2) is 0 Å². The molecule has 2 heterocycles. The maximum atomic E-state index is 4.65. The van der Waals surface area contributed by atoms with Crippen molar-refractivity contribution < 1.29 is 0 Å². The van der Waals surface area contributed by atoms with Crippen molar-refractivity contribution in [2.75, 3.05) is 5.32 Å². The fourth-order valence-corrected chi connectivity index (χ4v) is 1.83. The number of nitrogens with one attached hydrogen (secondary N) is 1. The highest BCUT2D eigenvalue weighted by Gasteiger charge is 2.10. The van der Waals surface area contributed by atoms with Gasteiger partial charge in [0, 0.05) is 12.2 Å². The molecule has 96 valence electrons. The van der Waals surface area contributed by atoms with Crippen LogP contribution in [0.15, 0.2) is 30.5 Å². The lowest BCUT2D eigenvalue weighted by molar-refractivity contribution is 0.836. The van der Waals surface area contributed by atoms with Gasteiger partial charge in [-0.25, -0.2) is 4.98 Å². The number of nitrogens with zero attached hydrogens (tertiary/aromatic N) is 2. The van der Waals surface area contributed by atoms with Gasteiger partial charge in [0.25, 0.3) is 0 Å². The van der Waals surface area contributed by atoms with Crippen molar-refractivity contribution in [2.45, 2.75) is 33.7 Å². The van der Waals surface area contributed by atoms with Gasteiger partial charge >= 0.3 is 0 Å². The molecule has 0 aliphatic rings. The van der Waals surface area contributed by atoms with E-state index in [4.69, 9.17) is 0 Å². The normalized spacial score (nSPS) is 12.1. The number of rotatable bonds is 4. The molecule has 0 spiro atoms. The van der Waals surface area contributed by atoms with Gasteiger partial charge < -0.3 is 5.32 Å². The zero-order valence-corrected chi connectivity index (χ0v) is 11.5. The zero-order valence-electron chi connectivity index (χ0n) is 11.5. The molecule has 0 aliphatic heterocycles. The Hall–Kier alpha value is -1.77. The lowest BCUT2D eigenvalue weighted by Gasteiger charge is -2.10. The van der Waals surface area contributed by atoms with E-state index in [1.807, 2.05) is 24.4 Å². The van der Waals surface area contributed by atoms with E-state index in [0.29, 0.717) is 12.0 Å². The summed E-state index contributed by atoms with van der Waals surface area (Å²) in [6.45, 7) is 8.61. The Morgan fingerprint density at radius 1 is 1.22 bits per heavy atom. The summed E-state index contributed by atoms with van der Waals surface area (Å²) in [7, 11) is 0. The smallest absolute Gasteiger partial charge is 0.139 e. The number of hydrogen-bond donors (Lipinski definition) is 1. The minimum absolute atomic E-state index is 0.385. The molecule has 0 aromatic carbocycles. The Kier molecular flexibility index (Phi) is 3.70. The average molecular weight is 243 g/mol. The number of pyridine rings is 1. The monoisotopic (exact) mass is 243 g/mol. The van der Waals surface area contributed by atoms with Crippen molar-refractivity contribution in [3.63, 3.8) is 0 Å². The largest absolute Gasteiger partial charge is 0.367 e. The van der Waals surface area contributed by atoms with Crippen LogP contribution in [0.3, 0.4) is 0 Å². The van der Waals surface area contributed by atoms with Crippen LogP contribution < -0.4 is 5.32 Å². The number of imidazole rings is 1. The fraction of sp³-hybridized carbons (Fsp3) is 0.400. The summed E-state index contributed by atoms with van der Waals surface area (Å²) in [5.74, 6) is 1.60. The third-order valence-corrected chi connectivity index (χ3v) is 2.62. The second-order valence-electron chi connectivity index (χ2n) is 5.18. The standard InChI is InChI=1S/C15H21N3/c1-11(2)8-9-13-15(16-12(3)4)18-10-6-5-7-14(18)17-13/h5-12,16H,1-4H3/b9-8+. The lowest BCUT2D eigenvalue weighted by atomic mass is 10.2. The molecule has 0 saturated carbocycles. The number of fused-ring (bicyclic) bond motifs is 1. The first-order valence-corrected chi connectivity index (χ1v) is 6.49. The first-order chi connectivity index (χ1) is 8.58. The molecule has 3 nitrogen and oxygen atoms in total. The van der Waals surface area contributed by atoms with Crippen LogP contribution in [0.5, 0.6) is 0 Å². The van der Waals surface area contributed by atoms with E-state index in [1.54, 1.807) is 0 Å². The van der Waals surface area contributed by atoms with E-state index < -0.39 is 0 Å². The lowest BCUT2D eigenvalue weighted by Crippen LogP contribution is -2.12. The number of aromatic nitrogens is 2. The Balaban J connectivity index is 2.49. The van der Waals surface area contributed by atoms with Crippen molar-refractivity contribution >= 4 is 17.5 Å². The highest BCUT2D eigenvalue weighted by atomic mass is 15.1. The summed E-state index contributed by atoms with van der Waals surface area (Å²) in [5.41, 5.74) is 1.98. The van der Waals surface area contributed by atoms with Crippen molar-refractivity contribution in [3.05, 3.63) is 36.2 Å². The highest BCUT2D eigenvalue weighted by molar-refractivity contribution is 5.66. The molecule has 0 bridgehead atoms. The SMILES string of the molecule is CC(C)/C=C/c1nc2ccccn2c1NC(C)C. The average Bonchev–Trinajstić information content (AvgIpc) is 2.64. The zero-order chi connectivity index (χ0) is 13.1. The summed E-state index contributed by atoms with van der Waals surface area (Å²) in [6.07, 6.45) is 6.31. The predicted octanol–water partition coefficient (Wildman–Crippen LogP) is 3.82. The third kappa shape index (κ3) is 2.73. The van der Waals surface area contributed by atoms with Gasteiger partial charge in [-0.3, -0.25) is 4.40 Å². The molecule has 2 aromatic rings. The predicted molar refractivity (Wildman–Crippen MR) is 77.8 cm³/mol. The number of hydrogen-bond acceptors (Lipinski definition) is 2. The van der Waals surface area contributed by atoms with E-state index in [-0.39, 0.29) is 0 Å². The molecule has 0 unspecified atom stereocenters. The van der Waals surface area contributed by atoms with Gasteiger partial charge in [0.05, 0.1) is 0 Å². The van der Waals surface area contributed by atoms with Crippen LogP contribution in [0.2, 0.25) is 0 Å². The molecule has 0 fully saturated rings.